The molecule has 0 saturated heterocycles. The minimum atomic E-state index is -0.300. The number of thioether (sulfide) groups is 1. The van der Waals surface area contributed by atoms with Crippen molar-refractivity contribution in [3.05, 3.63) is 76.6 Å². The lowest BCUT2D eigenvalue weighted by atomic mass is 10.2. The van der Waals surface area contributed by atoms with Crippen molar-refractivity contribution in [2.24, 2.45) is 0 Å². The van der Waals surface area contributed by atoms with E-state index in [2.05, 4.69) is 27.6 Å². The molecule has 1 N–H and O–H groups in total. The molecule has 0 bridgehead atoms. The summed E-state index contributed by atoms with van der Waals surface area (Å²) in [6.07, 6.45) is 0. The second-order valence-corrected chi connectivity index (χ2v) is 7.89. The maximum absolute atomic E-state index is 12.5. The summed E-state index contributed by atoms with van der Waals surface area (Å²) in [4.78, 5) is 12.5. The lowest BCUT2D eigenvalue weighted by molar-refractivity contribution is -0.120. The lowest BCUT2D eigenvalue weighted by Crippen LogP contribution is -2.30. The molecule has 5 nitrogen and oxygen atoms in total. The summed E-state index contributed by atoms with van der Waals surface area (Å²) >= 11 is 7.54. The molecule has 0 fully saturated rings. The minimum Gasteiger partial charge on any atom is -0.351 e. The highest BCUT2D eigenvalue weighted by Crippen LogP contribution is 2.23. The number of hydrogen-bond acceptors (Lipinski definition) is 4. The van der Waals surface area contributed by atoms with Gasteiger partial charge in [0.2, 0.25) is 5.91 Å². The van der Waals surface area contributed by atoms with E-state index in [1.165, 1.54) is 11.8 Å². The van der Waals surface area contributed by atoms with Crippen molar-refractivity contribution in [1.82, 2.24) is 20.1 Å². The number of benzene rings is 2. The Bertz CT molecular complexity index is 913. The second kappa shape index (κ2) is 9.06. The molecule has 0 aliphatic carbocycles. The zero-order valence-electron chi connectivity index (χ0n) is 15.2. The number of aryl methyl sites for hydroxylation is 1. The Kier molecular flexibility index (Phi) is 6.53. The Morgan fingerprint density at radius 3 is 2.59 bits per heavy atom. The summed E-state index contributed by atoms with van der Waals surface area (Å²) in [5.41, 5.74) is 2.06. The maximum Gasteiger partial charge on any atom is 0.233 e. The first-order chi connectivity index (χ1) is 13.0. The Balaban J connectivity index is 1.63. The predicted octanol–water partition coefficient (Wildman–Crippen LogP) is 4.09. The Morgan fingerprint density at radius 2 is 1.85 bits per heavy atom. The Morgan fingerprint density at radius 1 is 1.15 bits per heavy atom. The highest BCUT2D eigenvalue weighted by molar-refractivity contribution is 8.00. The van der Waals surface area contributed by atoms with Crippen LogP contribution < -0.4 is 5.32 Å². The molecule has 27 heavy (non-hydrogen) atoms. The van der Waals surface area contributed by atoms with Crippen LogP contribution in [-0.2, 0) is 17.9 Å². The zero-order chi connectivity index (χ0) is 19.2. The molecule has 0 spiro atoms. The van der Waals surface area contributed by atoms with E-state index in [1.54, 1.807) is 0 Å². The number of nitrogens with zero attached hydrogens (tertiary/aromatic N) is 3. The molecule has 1 atom stereocenters. The summed E-state index contributed by atoms with van der Waals surface area (Å²) in [6, 6.07) is 17.6. The molecule has 0 saturated carbocycles. The number of nitrogens with one attached hydrogen (secondary N) is 1. The topological polar surface area (TPSA) is 59.8 Å². The van der Waals surface area contributed by atoms with Crippen LogP contribution in [0.2, 0.25) is 5.02 Å². The molecule has 3 aromatic rings. The summed E-state index contributed by atoms with van der Waals surface area (Å²) in [5, 5.41) is 12.4. The highest BCUT2D eigenvalue weighted by atomic mass is 35.5. The van der Waals surface area contributed by atoms with Gasteiger partial charge in [-0.15, -0.1) is 10.2 Å². The maximum atomic E-state index is 12.5. The van der Waals surface area contributed by atoms with Gasteiger partial charge in [-0.3, -0.25) is 4.79 Å². The van der Waals surface area contributed by atoms with Crippen LogP contribution in [0.1, 0.15) is 23.9 Å². The average Bonchev–Trinajstić information content (AvgIpc) is 3.01. The van der Waals surface area contributed by atoms with Gasteiger partial charge in [-0.2, -0.15) is 0 Å². The quantitative estimate of drug-likeness (QED) is 0.607. The third-order valence-corrected chi connectivity index (χ3v) is 5.60. The van der Waals surface area contributed by atoms with Crippen molar-refractivity contribution in [2.75, 3.05) is 0 Å². The standard InChI is InChI=1S/C20H21ClN4OS/c1-14(19(26)22-12-17-10-6-7-11-18(17)21)27-20-24-23-15(2)25(20)13-16-8-4-3-5-9-16/h3-11,14H,12-13H2,1-2H3,(H,22,26)/t14-/m1/s1. The van der Waals surface area contributed by atoms with Crippen LogP contribution in [0.3, 0.4) is 0 Å². The van der Waals surface area contributed by atoms with Gasteiger partial charge in [0.15, 0.2) is 5.16 Å². The first kappa shape index (κ1) is 19.5. The summed E-state index contributed by atoms with van der Waals surface area (Å²) < 4.78 is 2.03. The molecule has 1 heterocycles. The number of aromatic nitrogens is 3. The van der Waals surface area contributed by atoms with E-state index >= 15 is 0 Å². The Labute approximate surface area is 168 Å². The number of carbonyl (C=O) groups is 1. The smallest absolute Gasteiger partial charge is 0.233 e. The van der Waals surface area contributed by atoms with Gasteiger partial charge in [-0.1, -0.05) is 71.9 Å². The molecule has 3 rings (SSSR count). The number of carbonyl (C=O) groups excluding carboxylic acids is 1. The van der Waals surface area contributed by atoms with Crippen molar-refractivity contribution >= 4 is 29.3 Å². The van der Waals surface area contributed by atoms with Crippen LogP contribution >= 0.6 is 23.4 Å². The highest BCUT2D eigenvalue weighted by Gasteiger charge is 2.19. The van der Waals surface area contributed by atoms with Crippen molar-refractivity contribution in [2.45, 2.75) is 37.3 Å². The molecule has 140 valence electrons. The van der Waals surface area contributed by atoms with Gasteiger partial charge in [-0.05, 0) is 31.0 Å². The van der Waals surface area contributed by atoms with E-state index in [0.29, 0.717) is 18.1 Å². The van der Waals surface area contributed by atoms with Gasteiger partial charge in [-0.25, -0.2) is 0 Å². The number of hydrogen-bond donors (Lipinski definition) is 1. The summed E-state index contributed by atoms with van der Waals surface area (Å²) in [5.74, 6) is 0.761. The van der Waals surface area contributed by atoms with Crippen LogP contribution in [0.25, 0.3) is 0 Å². The van der Waals surface area contributed by atoms with E-state index in [4.69, 9.17) is 11.6 Å². The molecule has 1 amide bonds. The van der Waals surface area contributed by atoms with Gasteiger partial charge >= 0.3 is 0 Å². The van der Waals surface area contributed by atoms with Crippen LogP contribution in [0.15, 0.2) is 59.8 Å². The first-order valence-corrected chi connectivity index (χ1v) is 9.92. The monoisotopic (exact) mass is 400 g/mol. The number of rotatable bonds is 7. The van der Waals surface area contributed by atoms with Gasteiger partial charge in [0.1, 0.15) is 5.82 Å². The van der Waals surface area contributed by atoms with Crippen LogP contribution in [-0.4, -0.2) is 25.9 Å². The third-order valence-electron chi connectivity index (χ3n) is 4.15. The third kappa shape index (κ3) is 5.11. The molecule has 0 unspecified atom stereocenters. The molecule has 1 aromatic heterocycles. The molecule has 2 aromatic carbocycles. The van der Waals surface area contributed by atoms with E-state index < -0.39 is 0 Å². The van der Waals surface area contributed by atoms with E-state index in [-0.39, 0.29) is 11.2 Å². The van der Waals surface area contributed by atoms with Crippen LogP contribution in [0.4, 0.5) is 0 Å². The summed E-state index contributed by atoms with van der Waals surface area (Å²) in [6.45, 7) is 4.86. The predicted molar refractivity (Wildman–Crippen MR) is 109 cm³/mol. The number of halogens is 1. The van der Waals surface area contributed by atoms with E-state index in [9.17, 15) is 4.79 Å². The first-order valence-electron chi connectivity index (χ1n) is 8.66. The van der Waals surface area contributed by atoms with Crippen LogP contribution in [0, 0.1) is 6.92 Å². The second-order valence-electron chi connectivity index (χ2n) is 6.17. The molecule has 0 aliphatic rings. The van der Waals surface area contributed by atoms with Crippen molar-refractivity contribution < 1.29 is 4.79 Å². The minimum absolute atomic E-state index is 0.0631. The Hall–Kier alpha value is -2.31. The number of amides is 1. The zero-order valence-corrected chi connectivity index (χ0v) is 16.8. The molecule has 0 radical (unpaired) electrons. The fraction of sp³-hybridized carbons (Fsp3) is 0.250. The fourth-order valence-electron chi connectivity index (χ4n) is 2.58. The average molecular weight is 401 g/mol. The van der Waals surface area contributed by atoms with Crippen molar-refractivity contribution in [3.63, 3.8) is 0 Å². The fourth-order valence-corrected chi connectivity index (χ4v) is 3.70. The molecule has 0 aliphatic heterocycles. The largest absolute Gasteiger partial charge is 0.351 e. The van der Waals surface area contributed by atoms with Gasteiger partial charge in [0.05, 0.1) is 11.8 Å². The van der Waals surface area contributed by atoms with E-state index in [1.807, 2.05) is 60.9 Å². The lowest BCUT2D eigenvalue weighted by Gasteiger charge is -2.13. The van der Waals surface area contributed by atoms with Crippen molar-refractivity contribution in [1.29, 1.82) is 0 Å². The van der Waals surface area contributed by atoms with Gasteiger partial charge in [0, 0.05) is 11.6 Å². The van der Waals surface area contributed by atoms with Crippen LogP contribution in [0.5, 0.6) is 0 Å². The van der Waals surface area contributed by atoms with Gasteiger partial charge in [0.25, 0.3) is 0 Å². The molecular formula is C20H21ClN4OS. The van der Waals surface area contributed by atoms with Crippen molar-refractivity contribution in [3.8, 4) is 0 Å². The molecule has 7 heteroatoms. The summed E-state index contributed by atoms with van der Waals surface area (Å²) in [7, 11) is 0. The van der Waals surface area contributed by atoms with Gasteiger partial charge < -0.3 is 9.88 Å². The van der Waals surface area contributed by atoms with E-state index in [0.717, 1.165) is 22.1 Å². The molecular weight excluding hydrogens is 380 g/mol. The SMILES string of the molecule is Cc1nnc(S[C@H](C)C(=O)NCc2ccccc2Cl)n1Cc1ccccc1. The normalized spacial score (nSPS) is 12.0.